The minimum absolute atomic E-state index is 0.0625. The van der Waals surface area contributed by atoms with Crippen LogP contribution in [0.25, 0.3) is 0 Å². The van der Waals surface area contributed by atoms with Gasteiger partial charge in [-0.05, 0) is 35.6 Å². The number of carbonyl (C=O) groups is 2. The highest BCUT2D eigenvalue weighted by Gasteiger charge is 2.57. The molecule has 2 aromatic carbocycles. The van der Waals surface area contributed by atoms with Crippen molar-refractivity contribution in [2.24, 2.45) is 5.92 Å². The highest BCUT2D eigenvalue weighted by Crippen LogP contribution is 2.48. The molecule has 3 atom stereocenters. The van der Waals surface area contributed by atoms with E-state index in [2.05, 4.69) is 23.3 Å². The van der Waals surface area contributed by atoms with Gasteiger partial charge in [-0.2, -0.15) is 25.8 Å². The maximum absolute atomic E-state index is 14.4. The molecule has 0 aromatic heterocycles. The van der Waals surface area contributed by atoms with Gasteiger partial charge in [0.1, 0.15) is 22.5 Å². The lowest BCUT2D eigenvalue weighted by atomic mass is 9.78. The van der Waals surface area contributed by atoms with E-state index in [0.29, 0.717) is 11.3 Å². The number of thiol groups is 1. The monoisotopic (exact) mass is 496 g/mol. The van der Waals surface area contributed by atoms with Crippen molar-refractivity contribution in [3.05, 3.63) is 65.7 Å². The van der Waals surface area contributed by atoms with E-state index in [-0.39, 0.29) is 24.3 Å². The summed E-state index contributed by atoms with van der Waals surface area (Å²) in [7, 11) is 2.92. The molecule has 2 aromatic rings. The van der Waals surface area contributed by atoms with Gasteiger partial charge in [0.2, 0.25) is 11.8 Å². The van der Waals surface area contributed by atoms with Gasteiger partial charge in [-0.15, -0.1) is 0 Å². The van der Waals surface area contributed by atoms with Gasteiger partial charge in [-0.25, -0.2) is 0 Å². The second-order valence-corrected chi connectivity index (χ2v) is 9.40. The second kappa shape index (κ2) is 11.6. The maximum Gasteiger partial charge on any atom is 0.397 e. The summed E-state index contributed by atoms with van der Waals surface area (Å²) in [6.45, 7) is 3.45. The predicted octanol–water partition coefficient (Wildman–Crippen LogP) is 4.53. The van der Waals surface area contributed by atoms with Crippen LogP contribution in [0.15, 0.2) is 54.6 Å². The summed E-state index contributed by atoms with van der Waals surface area (Å²) in [5.74, 6) is -3.29. The number of likely N-dealkylation sites (N-methyl/N-ethyl adjacent to an activating group) is 1. The largest absolute Gasteiger partial charge is 0.497 e. The Hall–Kier alpha value is -2.68. The van der Waals surface area contributed by atoms with Crippen molar-refractivity contribution in [1.29, 1.82) is 0 Å². The number of nitrogens with one attached hydrogen (secondary N) is 2. The molecule has 5 nitrogen and oxygen atoms in total. The molecule has 0 aliphatic carbocycles. The van der Waals surface area contributed by atoms with Crippen LogP contribution in [0.1, 0.15) is 37.3 Å². The van der Waals surface area contributed by atoms with E-state index in [1.807, 2.05) is 0 Å². The third kappa shape index (κ3) is 6.91. The van der Waals surface area contributed by atoms with Crippen LogP contribution in [-0.4, -0.2) is 42.9 Å². The molecular formula is C25H31F3N2O3S. The molecule has 2 amide bonds. The number of hydrogen-bond donors (Lipinski definition) is 3. The topological polar surface area (TPSA) is 67.4 Å². The second-order valence-electron chi connectivity index (χ2n) is 8.60. The lowest BCUT2D eigenvalue weighted by Gasteiger charge is -2.39. The Kier molecular flexibility index (Phi) is 9.44. The van der Waals surface area contributed by atoms with E-state index >= 15 is 0 Å². The van der Waals surface area contributed by atoms with Crippen molar-refractivity contribution in [2.75, 3.05) is 14.2 Å². The molecule has 0 bridgehead atoms. The highest BCUT2D eigenvalue weighted by atomic mass is 32.1. The summed E-state index contributed by atoms with van der Waals surface area (Å²) >= 11 is 4.40. The van der Waals surface area contributed by atoms with Crippen LogP contribution in [-0.2, 0) is 16.0 Å². The van der Waals surface area contributed by atoms with Crippen LogP contribution in [0.4, 0.5) is 13.2 Å². The molecular weight excluding hydrogens is 465 g/mol. The number of methoxy groups -OCH3 is 1. The van der Waals surface area contributed by atoms with Crippen molar-refractivity contribution < 1.29 is 27.5 Å². The van der Waals surface area contributed by atoms with E-state index < -0.39 is 34.7 Å². The van der Waals surface area contributed by atoms with Crippen molar-refractivity contribution in [3.63, 3.8) is 0 Å². The normalized spacial score (nSPS) is 15.2. The van der Waals surface area contributed by atoms with E-state index in [0.717, 1.165) is 0 Å². The fourth-order valence-corrected chi connectivity index (χ4v) is 4.73. The third-order valence-corrected chi connectivity index (χ3v) is 6.16. The lowest BCUT2D eigenvalue weighted by molar-refractivity contribution is -0.165. The van der Waals surface area contributed by atoms with Crippen LogP contribution >= 0.6 is 12.6 Å². The van der Waals surface area contributed by atoms with E-state index in [9.17, 15) is 22.8 Å². The Morgan fingerprint density at radius 2 is 1.62 bits per heavy atom. The Bertz CT molecular complexity index is 952. The first-order valence-electron chi connectivity index (χ1n) is 10.9. The number of hydrogen-bond acceptors (Lipinski definition) is 4. The predicted molar refractivity (Wildman–Crippen MR) is 129 cm³/mol. The van der Waals surface area contributed by atoms with Gasteiger partial charge in [0.25, 0.3) is 0 Å². The summed E-state index contributed by atoms with van der Waals surface area (Å²) in [5.41, 5.74) is 0.645. The Balaban J connectivity index is 2.44. The number of halogens is 3. The van der Waals surface area contributed by atoms with Crippen LogP contribution in [0.3, 0.4) is 0 Å². The molecule has 9 heteroatoms. The first-order chi connectivity index (χ1) is 15.9. The molecule has 0 aliphatic heterocycles. The number of rotatable bonds is 10. The summed E-state index contributed by atoms with van der Waals surface area (Å²) in [5, 5.41) is 5.03. The molecule has 2 unspecified atom stereocenters. The number of amides is 2. The Morgan fingerprint density at radius 1 is 1.03 bits per heavy atom. The number of carbonyl (C=O) groups excluding carboxylic acids is 2. The van der Waals surface area contributed by atoms with Gasteiger partial charge in [0.15, 0.2) is 0 Å². The number of benzene rings is 2. The van der Waals surface area contributed by atoms with Gasteiger partial charge in [0, 0.05) is 13.5 Å². The summed E-state index contributed by atoms with van der Waals surface area (Å²) < 4.78 is 46.1. The summed E-state index contributed by atoms with van der Waals surface area (Å²) in [6, 6.07) is 13.0. The molecule has 0 saturated carbocycles. The minimum atomic E-state index is -4.74. The molecule has 0 aliphatic rings. The van der Waals surface area contributed by atoms with Crippen LogP contribution in [0.5, 0.6) is 5.75 Å². The summed E-state index contributed by atoms with van der Waals surface area (Å²) in [4.78, 5) is 26.1. The van der Waals surface area contributed by atoms with Crippen LogP contribution in [0, 0.1) is 5.92 Å². The van der Waals surface area contributed by atoms with Crippen molar-refractivity contribution in [1.82, 2.24) is 10.6 Å². The average molecular weight is 497 g/mol. The highest BCUT2D eigenvalue weighted by molar-refractivity contribution is 7.82. The van der Waals surface area contributed by atoms with Crippen molar-refractivity contribution in [3.8, 4) is 5.75 Å². The zero-order valence-electron chi connectivity index (χ0n) is 19.6. The van der Waals surface area contributed by atoms with E-state index in [1.165, 1.54) is 38.4 Å². The first-order valence-corrected chi connectivity index (χ1v) is 11.4. The smallest absolute Gasteiger partial charge is 0.397 e. The average Bonchev–Trinajstić information content (AvgIpc) is 2.77. The van der Waals surface area contributed by atoms with Gasteiger partial charge in [-0.3, -0.25) is 9.59 Å². The molecule has 0 saturated heterocycles. The molecule has 34 heavy (non-hydrogen) atoms. The standard InChI is InChI=1S/C25H31F3N2O3S/c1-16(2)15-24(34,21(25(26,27)28)18-8-6-5-7-9-18)23(32)30-20(22(31)29-3)14-17-10-12-19(33-4)13-11-17/h5-13,16,20-21,34H,14-15H2,1-4H3,(H,29,31)(H,30,32)/t20-,21?,24?/m0/s1. The van der Waals surface area contributed by atoms with Crippen LogP contribution in [0.2, 0.25) is 0 Å². The third-order valence-electron chi connectivity index (χ3n) is 5.52. The van der Waals surface area contributed by atoms with Gasteiger partial charge in [-0.1, -0.05) is 56.3 Å². The quantitative estimate of drug-likeness (QED) is 0.424. The van der Waals surface area contributed by atoms with Crippen molar-refractivity contribution in [2.45, 2.75) is 49.6 Å². The first kappa shape index (κ1) is 27.6. The Morgan fingerprint density at radius 3 is 2.09 bits per heavy atom. The SMILES string of the molecule is CNC(=O)[C@H](Cc1ccc(OC)cc1)NC(=O)C(S)(CC(C)C)C(c1ccccc1)C(F)(F)F. The van der Waals surface area contributed by atoms with E-state index in [1.54, 1.807) is 44.2 Å². The van der Waals surface area contributed by atoms with Gasteiger partial charge in [0.05, 0.1) is 7.11 Å². The fourth-order valence-electron chi connectivity index (χ4n) is 4.01. The fraction of sp³-hybridized carbons (Fsp3) is 0.440. The van der Waals surface area contributed by atoms with Crippen LogP contribution < -0.4 is 15.4 Å². The summed E-state index contributed by atoms with van der Waals surface area (Å²) in [6.07, 6.45) is -4.80. The zero-order valence-corrected chi connectivity index (χ0v) is 20.5. The minimum Gasteiger partial charge on any atom is -0.497 e. The molecule has 2 rings (SSSR count). The van der Waals surface area contributed by atoms with Crippen molar-refractivity contribution >= 4 is 24.4 Å². The van der Waals surface area contributed by atoms with E-state index in [4.69, 9.17) is 4.74 Å². The maximum atomic E-state index is 14.4. The number of ether oxygens (including phenoxy) is 1. The molecule has 0 fully saturated rings. The van der Waals surface area contributed by atoms with Gasteiger partial charge >= 0.3 is 6.18 Å². The van der Waals surface area contributed by atoms with Gasteiger partial charge < -0.3 is 15.4 Å². The molecule has 186 valence electrons. The molecule has 0 heterocycles. The zero-order chi connectivity index (χ0) is 25.5. The Labute approximate surface area is 203 Å². The molecule has 0 radical (unpaired) electrons. The lowest BCUT2D eigenvalue weighted by Crippen LogP contribution is -2.57. The number of alkyl halides is 3. The molecule has 2 N–H and O–H groups in total. The molecule has 0 spiro atoms.